The molecule has 1 aliphatic heterocycles. The summed E-state index contributed by atoms with van der Waals surface area (Å²) in [6.45, 7) is 1.47. The van der Waals surface area contributed by atoms with Crippen molar-refractivity contribution in [2.24, 2.45) is 4.99 Å². The predicted octanol–water partition coefficient (Wildman–Crippen LogP) is 1.79. The molecule has 1 aromatic carbocycles. The maximum atomic E-state index is 12.0. The van der Waals surface area contributed by atoms with Gasteiger partial charge in [0.15, 0.2) is 17.3 Å². The maximum Gasteiger partial charge on any atom is 0.348 e. The number of dihydropyridines is 1. The van der Waals surface area contributed by atoms with E-state index in [1.807, 2.05) is 0 Å². The minimum atomic E-state index is -1.82. The first-order valence-electron chi connectivity index (χ1n) is 7.42. The Hall–Kier alpha value is -3.49. The van der Waals surface area contributed by atoms with Gasteiger partial charge >= 0.3 is 17.9 Å². The van der Waals surface area contributed by atoms with E-state index in [0.717, 1.165) is 6.08 Å². The van der Waals surface area contributed by atoms with E-state index in [-0.39, 0.29) is 11.5 Å². The van der Waals surface area contributed by atoms with Gasteiger partial charge < -0.3 is 14.2 Å². The van der Waals surface area contributed by atoms with Gasteiger partial charge in [-0.1, -0.05) is 6.07 Å². The maximum absolute atomic E-state index is 12.0. The summed E-state index contributed by atoms with van der Waals surface area (Å²) in [5.74, 6) is -1.21. The summed E-state index contributed by atoms with van der Waals surface area (Å²) in [6, 6.07) is 3.17. The molecule has 9 nitrogen and oxygen atoms in total. The van der Waals surface area contributed by atoms with E-state index in [1.165, 1.54) is 33.3 Å². The first-order valence-corrected chi connectivity index (χ1v) is 7.42. The molecule has 1 atom stereocenters. The number of benzene rings is 1. The molecule has 9 heteroatoms. The van der Waals surface area contributed by atoms with Crippen LogP contribution in [0.4, 0.5) is 0 Å². The van der Waals surface area contributed by atoms with Crippen molar-refractivity contribution in [2.75, 3.05) is 14.2 Å². The number of aliphatic imine (C=N–C) groups is 1. The van der Waals surface area contributed by atoms with Gasteiger partial charge in [-0.2, -0.15) is 0 Å². The van der Waals surface area contributed by atoms with Crippen molar-refractivity contribution in [3.8, 4) is 11.5 Å². The average molecular weight is 360 g/mol. The van der Waals surface area contributed by atoms with Crippen LogP contribution in [0.2, 0.25) is 0 Å². The molecule has 1 heterocycles. The summed E-state index contributed by atoms with van der Waals surface area (Å²) in [6.07, 6.45) is 3.72. The standard InChI is InChI=1S/C17H16N2O7/c1-10-8-14(16(19(22)23)17(21)18-10)26-15(20)7-5-11-4-6-12(24-2)13(9-11)25-3/h4-9,16H,1-3H3/b7-5+. The molecule has 2 rings (SSSR count). The van der Waals surface area contributed by atoms with Gasteiger partial charge in [-0.3, -0.25) is 14.9 Å². The van der Waals surface area contributed by atoms with Crippen molar-refractivity contribution in [3.63, 3.8) is 0 Å². The van der Waals surface area contributed by atoms with Crippen molar-refractivity contribution in [3.05, 3.63) is 51.8 Å². The van der Waals surface area contributed by atoms with E-state index < -0.39 is 22.8 Å². The highest BCUT2D eigenvalue weighted by Gasteiger charge is 2.39. The van der Waals surface area contributed by atoms with E-state index in [0.29, 0.717) is 17.1 Å². The first kappa shape index (κ1) is 18.8. The largest absolute Gasteiger partial charge is 0.493 e. The Bertz CT molecular complexity index is 840. The van der Waals surface area contributed by atoms with Gasteiger partial charge in [-0.15, -0.1) is 0 Å². The third-order valence-electron chi connectivity index (χ3n) is 3.39. The molecule has 0 N–H and O–H groups in total. The summed E-state index contributed by atoms with van der Waals surface area (Å²) in [7, 11) is 2.98. The SMILES string of the molecule is COc1ccc(/C=C/C(=O)OC2=CC(C)=NC(=O)C2[N+](=O)[O-])cc1OC. The number of methoxy groups -OCH3 is 2. The van der Waals surface area contributed by atoms with Crippen molar-refractivity contribution < 1.29 is 28.7 Å². The number of rotatable bonds is 6. The van der Waals surface area contributed by atoms with Crippen LogP contribution in [0.3, 0.4) is 0 Å². The fourth-order valence-electron chi connectivity index (χ4n) is 2.22. The quantitative estimate of drug-likeness (QED) is 0.328. The highest BCUT2D eigenvalue weighted by Crippen LogP contribution is 2.28. The number of carbonyl (C=O) groups is 2. The molecule has 0 fully saturated rings. The molecule has 0 bridgehead atoms. The Morgan fingerprint density at radius 1 is 1.27 bits per heavy atom. The monoisotopic (exact) mass is 360 g/mol. The predicted molar refractivity (Wildman–Crippen MR) is 91.7 cm³/mol. The van der Waals surface area contributed by atoms with Gasteiger partial charge in [0.2, 0.25) is 0 Å². The molecular formula is C17H16N2O7. The van der Waals surface area contributed by atoms with Crippen LogP contribution < -0.4 is 9.47 Å². The van der Waals surface area contributed by atoms with E-state index >= 15 is 0 Å². The molecule has 1 amide bonds. The topological polar surface area (TPSA) is 117 Å². The zero-order chi connectivity index (χ0) is 19.3. The minimum absolute atomic E-state index is 0.222. The second-order valence-electron chi connectivity index (χ2n) is 5.19. The third-order valence-corrected chi connectivity index (χ3v) is 3.39. The molecule has 0 aliphatic carbocycles. The summed E-state index contributed by atoms with van der Waals surface area (Å²) in [5, 5.41) is 11.0. The first-order chi connectivity index (χ1) is 12.3. The summed E-state index contributed by atoms with van der Waals surface area (Å²) in [4.78, 5) is 37.3. The second-order valence-corrected chi connectivity index (χ2v) is 5.19. The smallest absolute Gasteiger partial charge is 0.348 e. The fourth-order valence-corrected chi connectivity index (χ4v) is 2.22. The molecule has 0 aromatic heterocycles. The van der Waals surface area contributed by atoms with Crippen molar-refractivity contribution in [1.82, 2.24) is 0 Å². The zero-order valence-electron chi connectivity index (χ0n) is 14.3. The lowest BCUT2D eigenvalue weighted by Crippen LogP contribution is -2.35. The number of carbonyl (C=O) groups excluding carboxylic acids is 2. The molecule has 1 aromatic rings. The van der Waals surface area contributed by atoms with Crippen LogP contribution >= 0.6 is 0 Å². The highest BCUT2D eigenvalue weighted by atomic mass is 16.6. The second kappa shape index (κ2) is 8.06. The molecule has 0 saturated heterocycles. The van der Waals surface area contributed by atoms with Gasteiger partial charge in [0, 0.05) is 22.8 Å². The van der Waals surface area contributed by atoms with E-state index in [2.05, 4.69) is 4.99 Å². The molecule has 0 radical (unpaired) electrons. The van der Waals surface area contributed by atoms with Crippen LogP contribution in [-0.2, 0) is 14.3 Å². The van der Waals surface area contributed by atoms with Gasteiger partial charge in [0.05, 0.1) is 14.2 Å². The molecule has 0 saturated carbocycles. The van der Waals surface area contributed by atoms with Gasteiger partial charge in [-0.25, -0.2) is 9.79 Å². The lowest BCUT2D eigenvalue weighted by atomic mass is 10.1. The summed E-state index contributed by atoms with van der Waals surface area (Å²) in [5.41, 5.74) is 0.844. The Labute approximate surface area is 148 Å². The lowest BCUT2D eigenvalue weighted by molar-refractivity contribution is -0.501. The Morgan fingerprint density at radius 2 is 1.96 bits per heavy atom. The van der Waals surface area contributed by atoms with Crippen LogP contribution in [0, 0.1) is 10.1 Å². The van der Waals surface area contributed by atoms with Gasteiger partial charge in [-0.05, 0) is 30.7 Å². The van der Waals surface area contributed by atoms with Gasteiger partial charge in [0.25, 0.3) is 0 Å². The number of esters is 1. The number of hydrogen-bond donors (Lipinski definition) is 0. The Balaban J connectivity index is 2.15. The molecule has 136 valence electrons. The van der Waals surface area contributed by atoms with Crippen molar-refractivity contribution in [1.29, 1.82) is 0 Å². The van der Waals surface area contributed by atoms with Crippen LogP contribution in [0.1, 0.15) is 12.5 Å². The molecule has 1 unspecified atom stereocenters. The lowest BCUT2D eigenvalue weighted by Gasteiger charge is -2.13. The van der Waals surface area contributed by atoms with Crippen LogP contribution in [0.25, 0.3) is 6.08 Å². The van der Waals surface area contributed by atoms with Gasteiger partial charge in [0.1, 0.15) is 0 Å². The highest BCUT2D eigenvalue weighted by molar-refractivity contribution is 6.06. The minimum Gasteiger partial charge on any atom is -0.493 e. The third kappa shape index (κ3) is 4.32. The number of hydrogen-bond acceptors (Lipinski definition) is 7. The number of amides is 1. The molecular weight excluding hydrogens is 344 g/mol. The fraction of sp³-hybridized carbons (Fsp3) is 0.235. The Kier molecular flexibility index (Phi) is 5.84. The number of allylic oxidation sites excluding steroid dienone is 1. The van der Waals surface area contributed by atoms with Crippen molar-refractivity contribution in [2.45, 2.75) is 13.0 Å². The average Bonchev–Trinajstić information content (AvgIpc) is 2.58. The van der Waals surface area contributed by atoms with Crippen LogP contribution in [0.15, 0.2) is 41.1 Å². The van der Waals surface area contributed by atoms with Crippen LogP contribution in [-0.4, -0.2) is 42.8 Å². The van der Waals surface area contributed by atoms with Crippen LogP contribution in [0.5, 0.6) is 11.5 Å². The summed E-state index contributed by atoms with van der Waals surface area (Å²) < 4.78 is 15.2. The molecule has 1 aliphatic rings. The zero-order valence-corrected chi connectivity index (χ0v) is 14.3. The van der Waals surface area contributed by atoms with E-state index in [1.54, 1.807) is 18.2 Å². The Morgan fingerprint density at radius 3 is 2.58 bits per heavy atom. The van der Waals surface area contributed by atoms with Crippen molar-refractivity contribution >= 4 is 23.7 Å². The number of nitrogens with zero attached hydrogens (tertiary/aromatic N) is 2. The number of nitro groups is 1. The normalized spacial score (nSPS) is 16.7. The number of ether oxygens (including phenoxy) is 3. The van der Waals surface area contributed by atoms with E-state index in [4.69, 9.17) is 14.2 Å². The van der Waals surface area contributed by atoms with E-state index in [9.17, 15) is 19.7 Å². The molecule has 26 heavy (non-hydrogen) atoms. The molecule has 0 spiro atoms. The summed E-state index contributed by atoms with van der Waals surface area (Å²) >= 11 is 0.